The van der Waals surface area contributed by atoms with E-state index in [4.69, 9.17) is 12.2 Å². The number of aryl methyl sites for hydroxylation is 1. The normalized spacial score (nSPS) is 10.6. The minimum atomic E-state index is 0.646. The lowest BCUT2D eigenvalue weighted by Crippen LogP contribution is -1.92. The van der Waals surface area contributed by atoms with E-state index in [9.17, 15) is 0 Å². The summed E-state index contributed by atoms with van der Waals surface area (Å²) in [6, 6.07) is 8.49. The average Bonchev–Trinajstić information content (AvgIpc) is 2.62. The fraction of sp³-hybridized carbons (Fsp3) is 0.333. The molecular formula is C12H15N3S. The highest BCUT2D eigenvalue weighted by Crippen LogP contribution is 2.17. The second kappa shape index (κ2) is 4.61. The third kappa shape index (κ3) is 2.07. The van der Waals surface area contributed by atoms with Crippen LogP contribution in [0.25, 0.3) is 11.4 Å². The maximum absolute atomic E-state index is 5.09. The van der Waals surface area contributed by atoms with Crippen molar-refractivity contribution in [3.05, 3.63) is 34.6 Å². The van der Waals surface area contributed by atoms with E-state index >= 15 is 0 Å². The molecule has 0 atom stereocenters. The molecule has 0 aliphatic heterocycles. The topological polar surface area (TPSA) is 33.6 Å². The second-order valence-electron chi connectivity index (χ2n) is 3.86. The lowest BCUT2D eigenvalue weighted by Gasteiger charge is -2.02. The monoisotopic (exact) mass is 233 g/mol. The number of hydrogen-bond acceptors (Lipinski definition) is 2. The van der Waals surface area contributed by atoms with Crippen LogP contribution in [0.4, 0.5) is 0 Å². The molecule has 0 bridgehead atoms. The maximum Gasteiger partial charge on any atom is 0.195 e. The van der Waals surface area contributed by atoms with Gasteiger partial charge in [0.25, 0.3) is 0 Å². The summed E-state index contributed by atoms with van der Waals surface area (Å²) in [5.41, 5.74) is 2.46. The van der Waals surface area contributed by atoms with E-state index in [1.807, 2.05) is 11.6 Å². The van der Waals surface area contributed by atoms with Crippen LogP contribution in [0.15, 0.2) is 24.3 Å². The van der Waals surface area contributed by atoms with Crippen LogP contribution in [0, 0.1) is 4.77 Å². The smallest absolute Gasteiger partial charge is 0.195 e. The second-order valence-corrected chi connectivity index (χ2v) is 4.25. The summed E-state index contributed by atoms with van der Waals surface area (Å²) in [6.45, 7) is 2.19. The summed E-state index contributed by atoms with van der Waals surface area (Å²) in [5, 5.41) is 7.00. The predicted octanol–water partition coefficient (Wildman–Crippen LogP) is 3.10. The molecule has 0 saturated heterocycles. The van der Waals surface area contributed by atoms with Crippen molar-refractivity contribution in [2.24, 2.45) is 7.05 Å². The van der Waals surface area contributed by atoms with E-state index < -0.39 is 0 Å². The Bertz CT molecular complexity index is 522. The zero-order valence-corrected chi connectivity index (χ0v) is 10.3. The molecule has 0 fully saturated rings. The summed E-state index contributed by atoms with van der Waals surface area (Å²) in [7, 11) is 1.92. The first-order valence-electron chi connectivity index (χ1n) is 5.43. The number of benzene rings is 1. The lowest BCUT2D eigenvalue weighted by molar-refractivity contribution is 0.900. The van der Waals surface area contributed by atoms with Gasteiger partial charge in [-0.25, -0.2) is 0 Å². The van der Waals surface area contributed by atoms with E-state index in [1.54, 1.807) is 0 Å². The first kappa shape index (κ1) is 11.1. The van der Waals surface area contributed by atoms with Crippen molar-refractivity contribution < 1.29 is 0 Å². The minimum Gasteiger partial charge on any atom is -0.303 e. The zero-order valence-electron chi connectivity index (χ0n) is 9.53. The quantitative estimate of drug-likeness (QED) is 0.826. The molecule has 0 aliphatic rings. The molecule has 2 rings (SSSR count). The molecule has 0 saturated carbocycles. The third-order valence-corrected chi connectivity index (χ3v) is 3.00. The molecule has 2 aromatic rings. The molecule has 0 radical (unpaired) electrons. The van der Waals surface area contributed by atoms with Crippen molar-refractivity contribution in [1.82, 2.24) is 14.8 Å². The Morgan fingerprint density at radius 3 is 2.50 bits per heavy atom. The van der Waals surface area contributed by atoms with Crippen molar-refractivity contribution >= 4 is 12.2 Å². The van der Waals surface area contributed by atoms with Gasteiger partial charge in [-0.1, -0.05) is 37.6 Å². The van der Waals surface area contributed by atoms with Crippen LogP contribution in [-0.2, 0) is 13.5 Å². The highest BCUT2D eigenvalue weighted by molar-refractivity contribution is 7.71. The van der Waals surface area contributed by atoms with Crippen LogP contribution in [0.1, 0.15) is 18.9 Å². The average molecular weight is 233 g/mol. The van der Waals surface area contributed by atoms with Crippen molar-refractivity contribution in [2.45, 2.75) is 19.8 Å². The summed E-state index contributed by atoms with van der Waals surface area (Å²) >= 11 is 5.09. The molecule has 0 aliphatic carbocycles. The molecule has 1 N–H and O–H groups in total. The fourth-order valence-corrected chi connectivity index (χ4v) is 1.85. The van der Waals surface area contributed by atoms with Gasteiger partial charge in [-0.15, -0.1) is 0 Å². The van der Waals surface area contributed by atoms with Gasteiger partial charge in [0, 0.05) is 12.6 Å². The fourth-order valence-electron chi connectivity index (χ4n) is 1.71. The Labute approximate surface area is 100 Å². The molecule has 0 unspecified atom stereocenters. The SMILES string of the molecule is CCCc1ccc(-c2n[nH]c(=S)n2C)cc1. The van der Waals surface area contributed by atoms with E-state index in [1.165, 1.54) is 12.0 Å². The molecule has 84 valence electrons. The molecule has 1 heterocycles. The van der Waals surface area contributed by atoms with Crippen molar-refractivity contribution in [2.75, 3.05) is 0 Å². The van der Waals surface area contributed by atoms with Gasteiger partial charge in [-0.3, -0.25) is 5.10 Å². The summed E-state index contributed by atoms with van der Waals surface area (Å²) in [4.78, 5) is 0. The maximum atomic E-state index is 5.09. The van der Waals surface area contributed by atoms with Gasteiger partial charge < -0.3 is 4.57 Å². The van der Waals surface area contributed by atoms with Gasteiger partial charge in [0.15, 0.2) is 10.6 Å². The van der Waals surface area contributed by atoms with Gasteiger partial charge in [0.05, 0.1) is 0 Å². The van der Waals surface area contributed by atoms with Gasteiger partial charge in [0.2, 0.25) is 0 Å². The molecule has 1 aromatic heterocycles. The number of aromatic nitrogens is 3. The van der Waals surface area contributed by atoms with E-state index in [2.05, 4.69) is 41.4 Å². The number of nitrogens with zero attached hydrogens (tertiary/aromatic N) is 2. The number of hydrogen-bond donors (Lipinski definition) is 1. The highest BCUT2D eigenvalue weighted by Gasteiger charge is 2.04. The molecule has 3 nitrogen and oxygen atoms in total. The van der Waals surface area contributed by atoms with Crippen molar-refractivity contribution in [3.8, 4) is 11.4 Å². The molecule has 4 heteroatoms. The van der Waals surface area contributed by atoms with E-state index in [-0.39, 0.29) is 0 Å². The summed E-state index contributed by atoms with van der Waals surface area (Å²) in [5.74, 6) is 0.882. The standard InChI is InChI=1S/C12H15N3S/c1-3-4-9-5-7-10(8-6-9)11-13-14-12(16)15(11)2/h5-8H,3-4H2,1-2H3,(H,14,16). The van der Waals surface area contributed by atoms with Gasteiger partial charge >= 0.3 is 0 Å². The summed E-state index contributed by atoms with van der Waals surface area (Å²) in [6.07, 6.45) is 2.30. The Morgan fingerprint density at radius 2 is 2.00 bits per heavy atom. The van der Waals surface area contributed by atoms with Crippen LogP contribution in [0.2, 0.25) is 0 Å². The van der Waals surface area contributed by atoms with Gasteiger partial charge in [-0.05, 0) is 24.2 Å². The Morgan fingerprint density at radius 1 is 1.31 bits per heavy atom. The number of aromatic amines is 1. The van der Waals surface area contributed by atoms with Crippen LogP contribution in [-0.4, -0.2) is 14.8 Å². The minimum absolute atomic E-state index is 0.646. The van der Waals surface area contributed by atoms with Crippen molar-refractivity contribution in [3.63, 3.8) is 0 Å². The predicted molar refractivity (Wildman–Crippen MR) is 67.8 cm³/mol. The van der Waals surface area contributed by atoms with Crippen molar-refractivity contribution in [1.29, 1.82) is 0 Å². The third-order valence-electron chi connectivity index (χ3n) is 2.63. The highest BCUT2D eigenvalue weighted by atomic mass is 32.1. The van der Waals surface area contributed by atoms with Crippen LogP contribution in [0.3, 0.4) is 0 Å². The molecule has 16 heavy (non-hydrogen) atoms. The Hall–Kier alpha value is -1.42. The largest absolute Gasteiger partial charge is 0.303 e. The Kier molecular flexibility index (Phi) is 3.19. The zero-order chi connectivity index (χ0) is 11.5. The Balaban J connectivity index is 2.35. The first-order chi connectivity index (χ1) is 7.72. The lowest BCUT2D eigenvalue weighted by atomic mass is 10.1. The molecular weight excluding hydrogens is 218 g/mol. The van der Waals surface area contributed by atoms with E-state index in [0.29, 0.717) is 4.77 Å². The van der Waals surface area contributed by atoms with Gasteiger partial charge in [-0.2, -0.15) is 5.10 Å². The van der Waals surface area contributed by atoms with Crippen LogP contribution >= 0.6 is 12.2 Å². The first-order valence-corrected chi connectivity index (χ1v) is 5.84. The number of rotatable bonds is 3. The van der Waals surface area contributed by atoms with Crippen LogP contribution < -0.4 is 0 Å². The van der Waals surface area contributed by atoms with Gasteiger partial charge in [0.1, 0.15) is 0 Å². The number of nitrogens with one attached hydrogen (secondary N) is 1. The molecule has 1 aromatic carbocycles. The summed E-state index contributed by atoms with van der Waals surface area (Å²) < 4.78 is 2.53. The van der Waals surface area contributed by atoms with Crippen LogP contribution in [0.5, 0.6) is 0 Å². The van der Waals surface area contributed by atoms with E-state index in [0.717, 1.165) is 17.8 Å². The molecule has 0 amide bonds. The number of H-pyrrole nitrogens is 1. The molecule has 0 spiro atoms.